The van der Waals surface area contributed by atoms with Crippen molar-refractivity contribution in [3.05, 3.63) is 95.3 Å². The summed E-state index contributed by atoms with van der Waals surface area (Å²) in [5.41, 5.74) is 3.00. The van der Waals surface area contributed by atoms with Crippen LogP contribution in [0.15, 0.2) is 67.0 Å². The van der Waals surface area contributed by atoms with Crippen molar-refractivity contribution in [2.75, 3.05) is 5.32 Å². The molecule has 0 aliphatic heterocycles. The molecule has 0 saturated carbocycles. The highest BCUT2D eigenvalue weighted by Crippen LogP contribution is 2.22. The fraction of sp³-hybridized carbons (Fsp3) is 0.0909. The molecule has 6 heteroatoms. The quantitative estimate of drug-likeness (QED) is 0.275. The van der Waals surface area contributed by atoms with E-state index in [-0.39, 0.29) is 22.1 Å². The number of aromatic nitrogens is 1. The van der Waals surface area contributed by atoms with E-state index in [1.54, 1.807) is 35.2 Å². The summed E-state index contributed by atoms with van der Waals surface area (Å²) in [6.45, 7) is 3.93. The number of nitrogens with zero attached hydrogens (tertiary/aromatic N) is 1. The zero-order chi connectivity index (χ0) is 20.3. The van der Waals surface area contributed by atoms with Gasteiger partial charge in [-0.2, -0.15) is 4.57 Å². The van der Waals surface area contributed by atoms with Gasteiger partial charge in [-0.3, -0.25) is 0 Å². The Kier molecular flexibility index (Phi) is 5.80. The molecule has 142 valence electrons. The van der Waals surface area contributed by atoms with Gasteiger partial charge in [-0.25, -0.2) is 8.78 Å². The molecule has 1 heterocycles. The van der Waals surface area contributed by atoms with Gasteiger partial charge >= 0.3 is 0 Å². The van der Waals surface area contributed by atoms with Crippen LogP contribution in [0.1, 0.15) is 16.7 Å². The summed E-state index contributed by atoms with van der Waals surface area (Å²) in [7, 11) is 0. The lowest BCUT2D eigenvalue weighted by atomic mass is 10.0. The molecule has 1 aromatic heterocycles. The van der Waals surface area contributed by atoms with Crippen molar-refractivity contribution in [2.45, 2.75) is 13.8 Å². The van der Waals surface area contributed by atoms with Crippen molar-refractivity contribution in [1.29, 1.82) is 0 Å². The van der Waals surface area contributed by atoms with Crippen molar-refractivity contribution < 1.29 is 18.5 Å². The number of benzene rings is 2. The first kappa shape index (κ1) is 19.6. The Morgan fingerprint density at radius 2 is 1.68 bits per heavy atom. The van der Waals surface area contributed by atoms with E-state index in [4.69, 9.17) is 12.2 Å². The third kappa shape index (κ3) is 4.23. The van der Waals surface area contributed by atoms with Crippen LogP contribution in [0.5, 0.6) is 0 Å². The lowest BCUT2D eigenvalue weighted by molar-refractivity contribution is -0.575. The summed E-state index contributed by atoms with van der Waals surface area (Å²) < 4.78 is 28.9. The van der Waals surface area contributed by atoms with Gasteiger partial charge in [0.15, 0.2) is 23.1 Å². The van der Waals surface area contributed by atoms with Gasteiger partial charge in [-0.05, 0) is 43.2 Å². The van der Waals surface area contributed by atoms with Crippen LogP contribution in [0, 0.1) is 25.5 Å². The van der Waals surface area contributed by atoms with E-state index in [1.165, 1.54) is 6.07 Å². The number of pyridine rings is 1. The summed E-state index contributed by atoms with van der Waals surface area (Å²) in [6.07, 6.45) is 3.45. The van der Waals surface area contributed by atoms with Gasteiger partial charge in [0.05, 0.1) is 5.69 Å². The minimum atomic E-state index is -0.773. The predicted molar refractivity (Wildman–Crippen MR) is 111 cm³/mol. The lowest BCUT2D eigenvalue weighted by Crippen LogP contribution is -2.38. The Bertz CT molecular complexity index is 1070. The second-order valence-corrected chi connectivity index (χ2v) is 6.77. The number of hydrogen-bond donors (Lipinski definition) is 2. The van der Waals surface area contributed by atoms with Gasteiger partial charge in [0, 0.05) is 23.8 Å². The molecule has 0 spiro atoms. The molecule has 0 aliphatic rings. The maximum absolute atomic E-state index is 14.1. The van der Waals surface area contributed by atoms with Crippen molar-refractivity contribution in [3.63, 3.8) is 0 Å². The Morgan fingerprint density at radius 1 is 0.964 bits per heavy atom. The number of halogens is 2. The Hall–Kier alpha value is -3.12. The van der Waals surface area contributed by atoms with Gasteiger partial charge in [0.2, 0.25) is 0 Å². The first-order valence-electron chi connectivity index (χ1n) is 8.61. The normalized spacial score (nSPS) is 11.7. The number of hydrogen-bond acceptors (Lipinski definition) is 2. The van der Waals surface area contributed by atoms with Crippen LogP contribution < -0.4 is 9.88 Å². The summed E-state index contributed by atoms with van der Waals surface area (Å²) in [6, 6.07) is 14.1. The molecule has 0 radical (unpaired) electrons. The second-order valence-electron chi connectivity index (χ2n) is 6.36. The molecule has 2 N–H and O–H groups in total. The van der Waals surface area contributed by atoms with Gasteiger partial charge in [-0.15, -0.1) is 0 Å². The fourth-order valence-corrected chi connectivity index (χ4v) is 3.00. The van der Waals surface area contributed by atoms with Crippen LogP contribution in [0.3, 0.4) is 0 Å². The van der Waals surface area contributed by atoms with Gasteiger partial charge in [0.25, 0.3) is 5.70 Å². The van der Waals surface area contributed by atoms with Gasteiger partial charge in [-0.1, -0.05) is 30.4 Å². The summed E-state index contributed by atoms with van der Waals surface area (Å²) in [5, 5.41) is 13.8. The van der Waals surface area contributed by atoms with E-state index in [9.17, 15) is 13.9 Å². The molecule has 3 nitrogen and oxygen atoms in total. The molecule has 3 aromatic rings. The minimum Gasteiger partial charge on any atom is -0.502 e. The van der Waals surface area contributed by atoms with E-state index < -0.39 is 11.6 Å². The number of anilines is 1. The average Bonchev–Trinajstić information content (AvgIpc) is 2.67. The first-order chi connectivity index (χ1) is 13.4. The number of aliphatic hydroxyl groups excluding tert-OH is 1. The molecule has 0 aliphatic carbocycles. The monoisotopic (exact) mass is 397 g/mol. The van der Waals surface area contributed by atoms with Crippen molar-refractivity contribution in [2.24, 2.45) is 0 Å². The Morgan fingerprint density at radius 3 is 2.32 bits per heavy atom. The lowest BCUT2D eigenvalue weighted by Gasteiger charge is -2.11. The molecule has 0 atom stereocenters. The van der Waals surface area contributed by atoms with Crippen LogP contribution in [0.4, 0.5) is 14.5 Å². The minimum absolute atomic E-state index is 0.0216. The molecular formula is C22H19F2N2OS+. The summed E-state index contributed by atoms with van der Waals surface area (Å²) in [5.74, 6) is -1.51. The van der Waals surface area contributed by atoms with Crippen molar-refractivity contribution in [1.82, 2.24) is 0 Å². The topological polar surface area (TPSA) is 36.1 Å². The van der Waals surface area contributed by atoms with Crippen LogP contribution in [-0.4, -0.2) is 10.1 Å². The van der Waals surface area contributed by atoms with Crippen LogP contribution in [0.2, 0.25) is 0 Å². The highest BCUT2D eigenvalue weighted by Gasteiger charge is 2.24. The van der Waals surface area contributed by atoms with Gasteiger partial charge < -0.3 is 10.4 Å². The van der Waals surface area contributed by atoms with Crippen LogP contribution in [-0.2, 0) is 0 Å². The predicted octanol–water partition coefficient (Wildman–Crippen LogP) is 5.19. The molecular weight excluding hydrogens is 378 g/mol. The molecule has 0 bridgehead atoms. The van der Waals surface area contributed by atoms with E-state index >= 15 is 0 Å². The number of thiocarbonyl (C=S) groups is 1. The molecule has 0 unspecified atom stereocenters. The Balaban J connectivity index is 2.08. The highest BCUT2D eigenvalue weighted by atomic mass is 32.1. The number of nitrogens with one attached hydrogen (secondary N) is 1. The van der Waals surface area contributed by atoms with E-state index in [0.29, 0.717) is 5.56 Å². The van der Waals surface area contributed by atoms with E-state index in [1.807, 2.05) is 32.0 Å². The SMILES string of the molecule is Cc1ccc(/C(O)=C(\C(=S)Nc2ccc(F)cc2F)[n+]2ccccc2)cc1C. The van der Waals surface area contributed by atoms with Crippen LogP contribution in [0.25, 0.3) is 11.5 Å². The number of aliphatic hydroxyl groups is 1. The summed E-state index contributed by atoms with van der Waals surface area (Å²) in [4.78, 5) is 0.0948. The van der Waals surface area contributed by atoms with E-state index in [2.05, 4.69) is 5.32 Å². The number of aryl methyl sites for hydroxylation is 2. The molecule has 28 heavy (non-hydrogen) atoms. The first-order valence-corrected chi connectivity index (χ1v) is 9.01. The molecule has 3 rings (SSSR count). The van der Waals surface area contributed by atoms with Crippen molar-refractivity contribution >= 4 is 34.3 Å². The highest BCUT2D eigenvalue weighted by molar-refractivity contribution is 7.81. The fourth-order valence-electron chi connectivity index (χ4n) is 2.69. The second kappa shape index (κ2) is 8.27. The molecule has 0 fully saturated rings. The Labute approximate surface area is 167 Å². The molecule has 0 saturated heterocycles. The zero-order valence-corrected chi connectivity index (χ0v) is 16.2. The largest absolute Gasteiger partial charge is 0.502 e. The van der Waals surface area contributed by atoms with Gasteiger partial charge in [0.1, 0.15) is 11.6 Å². The zero-order valence-electron chi connectivity index (χ0n) is 15.4. The van der Waals surface area contributed by atoms with E-state index in [0.717, 1.165) is 23.3 Å². The maximum Gasteiger partial charge on any atom is 0.288 e. The average molecular weight is 397 g/mol. The smallest absolute Gasteiger partial charge is 0.288 e. The van der Waals surface area contributed by atoms with Crippen molar-refractivity contribution in [3.8, 4) is 0 Å². The van der Waals surface area contributed by atoms with Crippen LogP contribution >= 0.6 is 12.2 Å². The number of rotatable bonds is 4. The molecule has 0 amide bonds. The third-order valence-corrected chi connectivity index (χ3v) is 4.67. The summed E-state index contributed by atoms with van der Waals surface area (Å²) >= 11 is 5.46. The standard InChI is InChI=1S/C22H18F2N2OS/c1-14-6-7-16(12-15(14)2)21(27)20(26-10-4-3-5-11-26)22(28)25-19-9-8-17(23)13-18(19)24/h3-13H,1-2H3,(H-,25,27,28)/p+1. The molecule has 2 aromatic carbocycles. The third-order valence-electron chi connectivity index (χ3n) is 4.37. The maximum atomic E-state index is 14.1.